The van der Waals surface area contributed by atoms with E-state index in [1.54, 1.807) is 24.3 Å². The van der Waals surface area contributed by atoms with Crippen molar-refractivity contribution in [2.75, 3.05) is 27.4 Å². The van der Waals surface area contributed by atoms with Crippen LogP contribution in [0.2, 0.25) is 0 Å². The van der Waals surface area contributed by atoms with E-state index in [-0.39, 0.29) is 23.0 Å². The summed E-state index contributed by atoms with van der Waals surface area (Å²) >= 11 is 0. The van der Waals surface area contributed by atoms with Gasteiger partial charge in [0.15, 0.2) is 0 Å². The molecule has 0 saturated heterocycles. The molecule has 2 atom stereocenters. The van der Waals surface area contributed by atoms with E-state index >= 15 is 0 Å². The summed E-state index contributed by atoms with van der Waals surface area (Å²) in [5.41, 5.74) is 1.82. The molecule has 30 heavy (non-hydrogen) atoms. The van der Waals surface area contributed by atoms with Crippen molar-refractivity contribution in [1.29, 1.82) is 0 Å². The molecular formula is C20H26O8S2. The molecule has 0 heterocycles. The maximum atomic E-state index is 12.4. The molecule has 0 aromatic heterocycles. The highest BCUT2D eigenvalue weighted by Crippen LogP contribution is 2.17. The third kappa shape index (κ3) is 6.59. The van der Waals surface area contributed by atoms with Crippen LogP contribution in [0.25, 0.3) is 0 Å². The predicted molar refractivity (Wildman–Crippen MR) is 110 cm³/mol. The zero-order valence-electron chi connectivity index (χ0n) is 17.3. The van der Waals surface area contributed by atoms with Gasteiger partial charge in [0.1, 0.15) is 12.2 Å². The highest BCUT2D eigenvalue weighted by Gasteiger charge is 2.28. The summed E-state index contributed by atoms with van der Waals surface area (Å²) in [6.45, 7) is 2.93. The monoisotopic (exact) mass is 458 g/mol. The van der Waals surface area contributed by atoms with Gasteiger partial charge in [-0.3, -0.25) is 8.37 Å². The average molecular weight is 459 g/mol. The zero-order valence-corrected chi connectivity index (χ0v) is 18.9. The van der Waals surface area contributed by atoms with Gasteiger partial charge in [-0.2, -0.15) is 16.8 Å². The molecule has 0 radical (unpaired) electrons. The Kier molecular flexibility index (Phi) is 8.53. The first-order valence-corrected chi connectivity index (χ1v) is 11.9. The summed E-state index contributed by atoms with van der Waals surface area (Å²) < 4.78 is 70.1. The van der Waals surface area contributed by atoms with Gasteiger partial charge in [-0.25, -0.2) is 0 Å². The number of benzene rings is 2. The molecule has 0 aliphatic carbocycles. The van der Waals surface area contributed by atoms with Crippen molar-refractivity contribution in [2.45, 2.75) is 35.8 Å². The number of hydrogen-bond acceptors (Lipinski definition) is 8. The normalized spacial score (nSPS) is 14.4. The molecule has 10 heteroatoms. The Morgan fingerprint density at radius 1 is 0.633 bits per heavy atom. The van der Waals surface area contributed by atoms with Gasteiger partial charge in [-0.15, -0.1) is 0 Å². The lowest BCUT2D eigenvalue weighted by Gasteiger charge is -2.24. The second-order valence-corrected chi connectivity index (χ2v) is 9.88. The number of methoxy groups -OCH3 is 2. The molecule has 0 amide bonds. The first-order chi connectivity index (χ1) is 14.1. The summed E-state index contributed by atoms with van der Waals surface area (Å²) in [5, 5.41) is 0. The molecule has 0 bridgehead atoms. The molecule has 0 unspecified atom stereocenters. The number of hydrogen-bond donors (Lipinski definition) is 0. The molecule has 2 aromatic carbocycles. The Morgan fingerprint density at radius 3 is 1.20 bits per heavy atom. The minimum atomic E-state index is -4.01. The maximum Gasteiger partial charge on any atom is 0.297 e. The van der Waals surface area contributed by atoms with Gasteiger partial charge in [0.2, 0.25) is 0 Å². The Hall–Kier alpha value is -1.82. The predicted octanol–water partition coefficient (Wildman–Crippen LogP) is 2.44. The fourth-order valence-electron chi connectivity index (χ4n) is 2.51. The van der Waals surface area contributed by atoms with E-state index in [0.29, 0.717) is 0 Å². The average Bonchev–Trinajstić information content (AvgIpc) is 2.71. The van der Waals surface area contributed by atoms with E-state index in [1.165, 1.54) is 38.5 Å². The highest BCUT2D eigenvalue weighted by atomic mass is 32.2. The summed E-state index contributed by atoms with van der Waals surface area (Å²) in [7, 11) is -5.34. The highest BCUT2D eigenvalue weighted by molar-refractivity contribution is 7.87. The number of ether oxygens (including phenoxy) is 2. The van der Waals surface area contributed by atoms with Gasteiger partial charge in [-0.05, 0) is 38.1 Å². The SMILES string of the molecule is CO[C@@H](COS(=O)(=O)c1ccc(C)cc1)[C@@H](COS(=O)(=O)c1ccc(C)cc1)OC. The van der Waals surface area contributed by atoms with Gasteiger partial charge >= 0.3 is 0 Å². The Morgan fingerprint density at radius 2 is 0.933 bits per heavy atom. The van der Waals surface area contributed by atoms with Crippen LogP contribution >= 0.6 is 0 Å². The first-order valence-electron chi connectivity index (χ1n) is 9.07. The van der Waals surface area contributed by atoms with Gasteiger partial charge in [-0.1, -0.05) is 35.4 Å². The lowest BCUT2D eigenvalue weighted by atomic mass is 10.2. The first kappa shape index (κ1) is 24.4. The van der Waals surface area contributed by atoms with Crippen LogP contribution < -0.4 is 0 Å². The molecular weight excluding hydrogens is 432 g/mol. The Balaban J connectivity index is 2.02. The van der Waals surface area contributed by atoms with E-state index in [4.69, 9.17) is 17.8 Å². The third-order valence-electron chi connectivity index (χ3n) is 4.41. The molecule has 2 aromatic rings. The summed E-state index contributed by atoms with van der Waals surface area (Å²) in [5.74, 6) is 0. The van der Waals surface area contributed by atoms with Crippen molar-refractivity contribution in [3.8, 4) is 0 Å². The van der Waals surface area contributed by atoms with Crippen LogP contribution in [0.15, 0.2) is 58.3 Å². The van der Waals surface area contributed by atoms with Crippen LogP contribution in [0.5, 0.6) is 0 Å². The van der Waals surface area contributed by atoms with Crippen molar-refractivity contribution in [1.82, 2.24) is 0 Å². The summed E-state index contributed by atoms with van der Waals surface area (Å²) in [6.07, 6.45) is -1.77. The maximum absolute atomic E-state index is 12.4. The molecule has 0 aliphatic rings. The van der Waals surface area contributed by atoms with Crippen LogP contribution in [0, 0.1) is 13.8 Å². The van der Waals surface area contributed by atoms with Gasteiger partial charge in [0, 0.05) is 14.2 Å². The standard InChI is InChI=1S/C20H26O8S2/c1-15-5-9-17(10-6-15)29(21,22)27-13-19(25-3)20(26-4)14-28-30(23,24)18-11-7-16(2)8-12-18/h5-12,19-20H,13-14H2,1-4H3/t19-,20+. The molecule has 8 nitrogen and oxygen atoms in total. The fraction of sp³-hybridized carbons (Fsp3) is 0.400. The molecule has 0 fully saturated rings. The zero-order chi connectivity index (χ0) is 22.4. The minimum Gasteiger partial charge on any atom is -0.376 e. The van der Waals surface area contributed by atoms with Crippen molar-refractivity contribution < 1.29 is 34.7 Å². The van der Waals surface area contributed by atoms with E-state index in [9.17, 15) is 16.8 Å². The molecule has 2 rings (SSSR count). The molecule has 0 aliphatic heterocycles. The van der Waals surface area contributed by atoms with E-state index in [0.717, 1.165) is 11.1 Å². The van der Waals surface area contributed by atoms with Crippen molar-refractivity contribution >= 4 is 20.2 Å². The molecule has 166 valence electrons. The molecule has 0 N–H and O–H groups in total. The van der Waals surface area contributed by atoms with Crippen LogP contribution in [-0.4, -0.2) is 56.5 Å². The second-order valence-electron chi connectivity index (χ2n) is 6.65. The lowest BCUT2D eigenvalue weighted by Crippen LogP contribution is -2.38. The largest absolute Gasteiger partial charge is 0.376 e. The van der Waals surface area contributed by atoms with Crippen LogP contribution in [0.4, 0.5) is 0 Å². The number of aryl methyl sites for hydroxylation is 2. The van der Waals surface area contributed by atoms with Crippen molar-refractivity contribution in [3.63, 3.8) is 0 Å². The van der Waals surface area contributed by atoms with Gasteiger partial charge in [0.25, 0.3) is 20.2 Å². The second kappa shape index (κ2) is 10.5. The molecule has 0 saturated carbocycles. The van der Waals surface area contributed by atoms with Crippen molar-refractivity contribution in [3.05, 3.63) is 59.7 Å². The van der Waals surface area contributed by atoms with Crippen LogP contribution in [0.3, 0.4) is 0 Å². The Bertz CT molecular complexity index is 928. The summed E-state index contributed by atoms with van der Waals surface area (Å²) in [4.78, 5) is 0.0187. The van der Waals surface area contributed by atoms with Crippen LogP contribution in [-0.2, 0) is 38.1 Å². The van der Waals surface area contributed by atoms with E-state index in [1.807, 2.05) is 13.8 Å². The van der Waals surface area contributed by atoms with Crippen LogP contribution in [0.1, 0.15) is 11.1 Å². The van der Waals surface area contributed by atoms with E-state index in [2.05, 4.69) is 0 Å². The fourth-order valence-corrected chi connectivity index (χ4v) is 4.35. The molecule has 0 spiro atoms. The van der Waals surface area contributed by atoms with Gasteiger partial charge in [0.05, 0.1) is 23.0 Å². The number of rotatable bonds is 11. The smallest absolute Gasteiger partial charge is 0.297 e. The lowest BCUT2D eigenvalue weighted by molar-refractivity contribution is -0.0695. The third-order valence-corrected chi connectivity index (χ3v) is 7.01. The minimum absolute atomic E-state index is 0.00937. The van der Waals surface area contributed by atoms with E-state index < -0.39 is 32.4 Å². The summed E-state index contributed by atoms with van der Waals surface area (Å²) in [6, 6.07) is 12.4. The Labute approximate surface area is 178 Å². The van der Waals surface area contributed by atoms with Gasteiger partial charge < -0.3 is 9.47 Å². The van der Waals surface area contributed by atoms with Crippen molar-refractivity contribution in [2.24, 2.45) is 0 Å². The quantitative estimate of drug-likeness (QED) is 0.473. The topological polar surface area (TPSA) is 105 Å².